The number of hydrogen-bond acceptors (Lipinski definition) is 1. The minimum absolute atomic E-state index is 0.0938. The number of fused-ring (bicyclic) bond motifs is 1. The van der Waals surface area contributed by atoms with Crippen LogP contribution in [-0.4, -0.2) is 4.98 Å². The second-order valence-corrected chi connectivity index (χ2v) is 4.34. The van der Waals surface area contributed by atoms with Gasteiger partial charge in [-0.05, 0) is 13.3 Å². The van der Waals surface area contributed by atoms with Crippen molar-refractivity contribution in [3.63, 3.8) is 0 Å². The van der Waals surface area contributed by atoms with Crippen molar-refractivity contribution in [2.24, 2.45) is 0 Å². The minimum atomic E-state index is -0.321. The zero-order chi connectivity index (χ0) is 13.2. The Morgan fingerprint density at radius 1 is 0.895 bits per heavy atom. The lowest BCUT2D eigenvalue weighted by atomic mass is 10.0. The molecule has 3 aromatic rings. The molecule has 0 amide bonds. The second-order valence-electron chi connectivity index (χ2n) is 4.34. The fourth-order valence-electron chi connectivity index (χ4n) is 2.23. The Labute approximate surface area is 111 Å². The Morgan fingerprint density at radius 3 is 2.21 bits per heavy atom. The highest BCUT2D eigenvalue weighted by Crippen LogP contribution is 2.29. The molecule has 0 saturated carbocycles. The van der Waals surface area contributed by atoms with Crippen molar-refractivity contribution in [1.29, 1.82) is 0 Å². The second kappa shape index (κ2) is 4.81. The van der Waals surface area contributed by atoms with Crippen LogP contribution in [0.4, 0.5) is 4.39 Å². The predicted molar refractivity (Wildman–Crippen MR) is 75.1 cm³/mol. The van der Waals surface area contributed by atoms with Crippen LogP contribution in [0.1, 0.15) is 5.69 Å². The van der Waals surface area contributed by atoms with Crippen molar-refractivity contribution in [3.8, 4) is 11.3 Å². The van der Waals surface area contributed by atoms with E-state index in [4.69, 9.17) is 6.92 Å². The molecular weight excluding hydrogens is 237 g/mol. The van der Waals surface area contributed by atoms with Crippen LogP contribution in [0.3, 0.4) is 0 Å². The highest BCUT2D eigenvalue weighted by Gasteiger charge is 2.13. The zero-order valence-electron chi connectivity index (χ0n) is 10.3. The Bertz CT molecular complexity index is 720. The van der Waals surface area contributed by atoms with Gasteiger partial charge in [-0.15, -0.1) is 0 Å². The van der Waals surface area contributed by atoms with Crippen LogP contribution in [-0.2, 0) is 6.42 Å². The summed E-state index contributed by atoms with van der Waals surface area (Å²) in [4.78, 5) is 4.39. The van der Waals surface area contributed by atoms with Crippen molar-refractivity contribution < 1.29 is 4.39 Å². The van der Waals surface area contributed by atoms with E-state index in [-0.39, 0.29) is 12.2 Å². The standard InChI is InChI=1S/C17H12FN/c1-2-15-16(18)13-10-6-7-11-14(13)17(19-15)12-8-4-3-5-9-12/h1,3-11H,2H2. The molecule has 0 aliphatic rings. The van der Waals surface area contributed by atoms with Gasteiger partial charge in [0.1, 0.15) is 0 Å². The van der Waals surface area contributed by atoms with Crippen LogP contribution < -0.4 is 0 Å². The molecule has 0 atom stereocenters. The van der Waals surface area contributed by atoms with Crippen LogP contribution in [0.25, 0.3) is 22.0 Å². The van der Waals surface area contributed by atoms with E-state index in [0.29, 0.717) is 11.1 Å². The van der Waals surface area contributed by atoms with E-state index in [9.17, 15) is 4.39 Å². The summed E-state index contributed by atoms with van der Waals surface area (Å²) in [5.74, 6) is -0.321. The molecule has 0 aliphatic heterocycles. The first-order chi connectivity index (χ1) is 9.31. The van der Waals surface area contributed by atoms with Crippen LogP contribution >= 0.6 is 0 Å². The van der Waals surface area contributed by atoms with Gasteiger partial charge in [0.25, 0.3) is 0 Å². The molecule has 0 saturated heterocycles. The van der Waals surface area contributed by atoms with E-state index in [0.717, 1.165) is 16.6 Å². The fourth-order valence-corrected chi connectivity index (χ4v) is 2.23. The van der Waals surface area contributed by atoms with Gasteiger partial charge in [0, 0.05) is 16.3 Å². The lowest BCUT2D eigenvalue weighted by Crippen LogP contribution is -1.98. The molecule has 92 valence electrons. The zero-order valence-corrected chi connectivity index (χ0v) is 10.3. The molecule has 2 heteroatoms. The van der Waals surface area contributed by atoms with Crippen molar-refractivity contribution in [3.05, 3.63) is 73.0 Å². The lowest BCUT2D eigenvalue weighted by molar-refractivity contribution is 0.618. The number of rotatable bonds is 2. The molecule has 0 bridgehead atoms. The number of nitrogens with zero attached hydrogens (tertiary/aromatic N) is 1. The Morgan fingerprint density at radius 2 is 1.53 bits per heavy atom. The minimum Gasteiger partial charge on any atom is -0.249 e. The first-order valence-electron chi connectivity index (χ1n) is 6.14. The highest BCUT2D eigenvalue weighted by atomic mass is 19.1. The molecular formula is C17H12FN. The van der Waals surface area contributed by atoms with Gasteiger partial charge in [0.15, 0.2) is 5.82 Å². The number of hydrogen-bond donors (Lipinski definition) is 0. The Balaban J connectivity index is 2.39. The molecule has 0 fully saturated rings. The van der Waals surface area contributed by atoms with E-state index in [1.54, 1.807) is 6.07 Å². The van der Waals surface area contributed by atoms with E-state index < -0.39 is 0 Å². The topological polar surface area (TPSA) is 12.9 Å². The third-order valence-electron chi connectivity index (χ3n) is 3.16. The number of benzene rings is 2. The summed E-state index contributed by atoms with van der Waals surface area (Å²) in [5.41, 5.74) is 2.05. The van der Waals surface area contributed by atoms with E-state index in [1.807, 2.05) is 48.5 Å². The van der Waals surface area contributed by atoms with Gasteiger partial charge in [-0.2, -0.15) is 0 Å². The number of aromatic nitrogens is 1. The van der Waals surface area contributed by atoms with Crippen LogP contribution in [0.5, 0.6) is 0 Å². The average molecular weight is 249 g/mol. The van der Waals surface area contributed by atoms with Gasteiger partial charge < -0.3 is 0 Å². The van der Waals surface area contributed by atoms with Gasteiger partial charge in [-0.1, -0.05) is 54.6 Å². The quantitative estimate of drug-likeness (QED) is 0.660. The summed E-state index contributed by atoms with van der Waals surface area (Å²) in [5, 5.41) is 1.38. The van der Waals surface area contributed by atoms with Crippen molar-refractivity contribution >= 4 is 10.8 Å². The van der Waals surface area contributed by atoms with Crippen molar-refractivity contribution in [1.82, 2.24) is 4.98 Å². The molecule has 0 aliphatic carbocycles. The fraction of sp³-hybridized carbons (Fsp3) is 0.0588. The highest BCUT2D eigenvalue weighted by molar-refractivity contribution is 5.95. The van der Waals surface area contributed by atoms with Gasteiger partial charge >= 0.3 is 0 Å². The van der Waals surface area contributed by atoms with Crippen LogP contribution in [0, 0.1) is 12.7 Å². The van der Waals surface area contributed by atoms with Crippen LogP contribution in [0.15, 0.2) is 54.6 Å². The van der Waals surface area contributed by atoms with Crippen molar-refractivity contribution in [2.45, 2.75) is 6.42 Å². The Hall–Kier alpha value is -2.22. The third kappa shape index (κ3) is 1.99. The maximum Gasteiger partial charge on any atom is 0.152 e. The number of halogens is 1. The monoisotopic (exact) mass is 249 g/mol. The Kier molecular flexibility index (Phi) is 3.00. The van der Waals surface area contributed by atoms with Crippen molar-refractivity contribution in [2.75, 3.05) is 0 Å². The van der Waals surface area contributed by atoms with E-state index in [1.165, 1.54) is 0 Å². The van der Waals surface area contributed by atoms with E-state index in [2.05, 4.69) is 4.98 Å². The normalized spacial score (nSPS) is 10.8. The summed E-state index contributed by atoms with van der Waals surface area (Å²) in [6.45, 7) is 5.59. The molecule has 1 nitrogen and oxygen atoms in total. The smallest absolute Gasteiger partial charge is 0.152 e. The van der Waals surface area contributed by atoms with Gasteiger partial charge in [0.05, 0.1) is 11.4 Å². The lowest BCUT2D eigenvalue weighted by Gasteiger charge is -2.10. The maximum atomic E-state index is 14.2. The predicted octanol–water partition coefficient (Wildman–Crippen LogP) is 4.29. The largest absolute Gasteiger partial charge is 0.249 e. The molecule has 0 N–H and O–H groups in total. The SMILES string of the molecule is [CH]Cc1nc(-c2ccccc2)c2ccccc2c1F. The third-order valence-corrected chi connectivity index (χ3v) is 3.16. The van der Waals surface area contributed by atoms with Crippen LogP contribution in [0.2, 0.25) is 0 Å². The first kappa shape index (κ1) is 11.8. The molecule has 3 rings (SSSR count). The number of pyridine rings is 1. The molecule has 2 radical (unpaired) electrons. The average Bonchev–Trinajstić information content (AvgIpc) is 2.49. The molecule has 1 heterocycles. The van der Waals surface area contributed by atoms with Gasteiger partial charge in [-0.25, -0.2) is 9.37 Å². The van der Waals surface area contributed by atoms with Gasteiger partial charge in [0.2, 0.25) is 0 Å². The maximum absolute atomic E-state index is 14.2. The molecule has 1 aromatic heterocycles. The molecule has 0 unspecified atom stereocenters. The first-order valence-corrected chi connectivity index (χ1v) is 6.14. The summed E-state index contributed by atoms with van der Waals surface area (Å²) < 4.78 is 14.2. The summed E-state index contributed by atoms with van der Waals surface area (Å²) in [6.07, 6.45) is 0.0938. The molecule has 2 aromatic carbocycles. The van der Waals surface area contributed by atoms with Gasteiger partial charge in [-0.3, -0.25) is 0 Å². The summed E-state index contributed by atoms with van der Waals surface area (Å²) >= 11 is 0. The summed E-state index contributed by atoms with van der Waals surface area (Å²) in [6, 6.07) is 17.1. The molecule has 19 heavy (non-hydrogen) atoms. The molecule has 0 spiro atoms. The summed E-state index contributed by atoms with van der Waals surface area (Å²) in [7, 11) is 0. The van der Waals surface area contributed by atoms with E-state index >= 15 is 0 Å².